The molecule has 1 aliphatic rings. The third kappa shape index (κ3) is 3.40. The van der Waals surface area contributed by atoms with Gasteiger partial charge in [0.25, 0.3) is 11.5 Å². The van der Waals surface area contributed by atoms with Crippen LogP contribution in [0.4, 0.5) is 4.39 Å². The van der Waals surface area contributed by atoms with E-state index in [1.807, 2.05) is 0 Å². The van der Waals surface area contributed by atoms with Crippen molar-refractivity contribution in [1.29, 1.82) is 0 Å². The first-order valence-corrected chi connectivity index (χ1v) is 8.84. The standard InChI is InChI=1S/C20H19FN4O2/c1-2-9-25-17(14-5-7-15(21)8-6-14)12-24-11-16(23-18(24)20(25)27)19(26)22-10-13-3-4-13/h2,5-8,11-13H,1,3-4,9-10H2,(H,22,26). The molecule has 138 valence electrons. The van der Waals surface area contributed by atoms with Gasteiger partial charge in [-0.15, -0.1) is 6.58 Å². The number of nitrogens with one attached hydrogen (secondary N) is 1. The fourth-order valence-corrected chi connectivity index (χ4v) is 3.00. The van der Waals surface area contributed by atoms with Crippen molar-refractivity contribution in [2.24, 2.45) is 5.92 Å². The van der Waals surface area contributed by atoms with Crippen LogP contribution < -0.4 is 10.9 Å². The van der Waals surface area contributed by atoms with Gasteiger partial charge in [-0.05, 0) is 48.6 Å². The molecule has 3 aromatic rings. The van der Waals surface area contributed by atoms with Gasteiger partial charge in [0.2, 0.25) is 5.65 Å². The van der Waals surface area contributed by atoms with Gasteiger partial charge in [0.15, 0.2) is 0 Å². The summed E-state index contributed by atoms with van der Waals surface area (Å²) >= 11 is 0. The molecule has 0 spiro atoms. The Labute approximate surface area is 155 Å². The van der Waals surface area contributed by atoms with Crippen LogP contribution in [-0.2, 0) is 6.54 Å². The minimum Gasteiger partial charge on any atom is -0.350 e. The van der Waals surface area contributed by atoms with E-state index in [1.165, 1.54) is 16.7 Å². The molecular weight excluding hydrogens is 347 g/mol. The summed E-state index contributed by atoms with van der Waals surface area (Å²) in [5, 5.41) is 2.85. The minimum absolute atomic E-state index is 0.166. The molecule has 2 heterocycles. The summed E-state index contributed by atoms with van der Waals surface area (Å²) in [6.45, 7) is 4.60. The molecule has 0 atom stereocenters. The number of rotatable bonds is 6. The smallest absolute Gasteiger partial charge is 0.295 e. The van der Waals surface area contributed by atoms with Crippen molar-refractivity contribution in [1.82, 2.24) is 19.3 Å². The summed E-state index contributed by atoms with van der Waals surface area (Å²) in [4.78, 5) is 29.5. The van der Waals surface area contributed by atoms with Gasteiger partial charge in [-0.1, -0.05) is 6.08 Å². The van der Waals surface area contributed by atoms with Crippen molar-refractivity contribution < 1.29 is 9.18 Å². The van der Waals surface area contributed by atoms with Crippen LogP contribution in [0.15, 0.2) is 54.1 Å². The Bertz CT molecular complexity index is 1080. The zero-order valence-electron chi connectivity index (χ0n) is 14.7. The van der Waals surface area contributed by atoms with E-state index in [0.717, 1.165) is 12.8 Å². The van der Waals surface area contributed by atoms with Gasteiger partial charge in [-0.3, -0.25) is 18.6 Å². The summed E-state index contributed by atoms with van der Waals surface area (Å²) in [6, 6.07) is 5.89. The van der Waals surface area contributed by atoms with Gasteiger partial charge in [-0.25, -0.2) is 9.37 Å². The molecule has 7 heteroatoms. The van der Waals surface area contributed by atoms with Gasteiger partial charge in [0.1, 0.15) is 11.5 Å². The van der Waals surface area contributed by atoms with Crippen molar-refractivity contribution in [3.63, 3.8) is 0 Å². The van der Waals surface area contributed by atoms with E-state index in [9.17, 15) is 14.0 Å². The predicted octanol–water partition coefficient (Wildman–Crippen LogP) is 2.63. The van der Waals surface area contributed by atoms with E-state index >= 15 is 0 Å². The summed E-state index contributed by atoms with van der Waals surface area (Å²) in [6.07, 6.45) is 7.15. The fraction of sp³-hybridized carbons (Fsp3) is 0.250. The Balaban J connectivity index is 1.79. The second kappa shape index (κ2) is 6.83. The van der Waals surface area contributed by atoms with Crippen LogP contribution in [0, 0.1) is 11.7 Å². The van der Waals surface area contributed by atoms with E-state index in [0.29, 0.717) is 23.7 Å². The van der Waals surface area contributed by atoms with Crippen LogP contribution >= 0.6 is 0 Å². The molecule has 2 aromatic heterocycles. The van der Waals surface area contributed by atoms with Crippen LogP contribution in [0.2, 0.25) is 0 Å². The summed E-state index contributed by atoms with van der Waals surface area (Å²) in [5.41, 5.74) is 1.31. The Morgan fingerprint density at radius 3 is 2.70 bits per heavy atom. The largest absolute Gasteiger partial charge is 0.350 e. The van der Waals surface area contributed by atoms with Crippen LogP contribution in [0.3, 0.4) is 0 Å². The first-order chi connectivity index (χ1) is 13.1. The van der Waals surface area contributed by atoms with Crippen LogP contribution in [0.25, 0.3) is 16.9 Å². The van der Waals surface area contributed by atoms with Gasteiger partial charge in [0, 0.05) is 25.5 Å². The molecule has 0 bridgehead atoms. The molecule has 1 aromatic carbocycles. The minimum atomic E-state index is -0.352. The normalized spacial score (nSPS) is 13.7. The third-order valence-corrected chi connectivity index (χ3v) is 4.65. The number of hydrogen-bond donors (Lipinski definition) is 1. The monoisotopic (exact) mass is 366 g/mol. The maximum Gasteiger partial charge on any atom is 0.295 e. The van der Waals surface area contributed by atoms with E-state index in [2.05, 4.69) is 16.9 Å². The maximum atomic E-state index is 13.3. The topological polar surface area (TPSA) is 68.4 Å². The van der Waals surface area contributed by atoms with E-state index in [-0.39, 0.29) is 35.2 Å². The highest BCUT2D eigenvalue weighted by Gasteiger charge is 2.23. The summed E-state index contributed by atoms with van der Waals surface area (Å²) in [5.74, 6) is -0.0841. The number of nitrogens with zero attached hydrogens (tertiary/aromatic N) is 3. The first kappa shape index (κ1) is 17.2. The second-order valence-electron chi connectivity index (χ2n) is 6.74. The Hall–Kier alpha value is -3.22. The molecule has 1 amide bonds. The number of fused-ring (bicyclic) bond motifs is 1. The lowest BCUT2D eigenvalue weighted by atomic mass is 10.1. The van der Waals surface area contributed by atoms with Crippen molar-refractivity contribution >= 4 is 11.6 Å². The highest BCUT2D eigenvalue weighted by atomic mass is 19.1. The highest BCUT2D eigenvalue weighted by Crippen LogP contribution is 2.27. The number of carbonyl (C=O) groups excluding carboxylic acids is 1. The first-order valence-electron chi connectivity index (χ1n) is 8.84. The fourth-order valence-electron chi connectivity index (χ4n) is 3.00. The molecule has 0 aliphatic heterocycles. The van der Waals surface area contributed by atoms with Crippen molar-refractivity contribution in [2.45, 2.75) is 19.4 Å². The molecule has 6 nitrogen and oxygen atoms in total. The zero-order valence-corrected chi connectivity index (χ0v) is 14.7. The van der Waals surface area contributed by atoms with Crippen molar-refractivity contribution in [3.05, 3.63) is 71.2 Å². The van der Waals surface area contributed by atoms with Gasteiger partial charge in [0.05, 0.1) is 5.69 Å². The quantitative estimate of drug-likeness (QED) is 0.682. The average molecular weight is 366 g/mol. The molecule has 1 N–H and O–H groups in total. The molecular formula is C20H19FN4O2. The lowest BCUT2D eigenvalue weighted by Gasteiger charge is -2.12. The Kier molecular flexibility index (Phi) is 4.35. The molecule has 1 saturated carbocycles. The van der Waals surface area contributed by atoms with Gasteiger partial charge >= 0.3 is 0 Å². The van der Waals surface area contributed by atoms with E-state index in [4.69, 9.17) is 0 Å². The Morgan fingerprint density at radius 1 is 1.30 bits per heavy atom. The molecule has 1 aliphatic carbocycles. The van der Waals surface area contributed by atoms with Crippen LogP contribution in [0.5, 0.6) is 0 Å². The molecule has 4 rings (SSSR count). The van der Waals surface area contributed by atoms with Crippen molar-refractivity contribution in [2.75, 3.05) is 6.54 Å². The Morgan fingerprint density at radius 2 is 2.04 bits per heavy atom. The van der Waals surface area contributed by atoms with Gasteiger partial charge < -0.3 is 5.32 Å². The van der Waals surface area contributed by atoms with Crippen molar-refractivity contribution in [3.8, 4) is 11.3 Å². The highest BCUT2D eigenvalue weighted by molar-refractivity contribution is 5.92. The number of aromatic nitrogens is 3. The lowest BCUT2D eigenvalue weighted by molar-refractivity contribution is 0.0947. The molecule has 0 radical (unpaired) electrons. The van der Waals surface area contributed by atoms with Crippen LogP contribution in [-0.4, -0.2) is 26.4 Å². The number of allylic oxidation sites excluding steroid dienone is 1. The maximum absolute atomic E-state index is 13.3. The molecule has 0 saturated heterocycles. The lowest BCUT2D eigenvalue weighted by Crippen LogP contribution is -2.26. The summed E-state index contributed by atoms with van der Waals surface area (Å²) in [7, 11) is 0. The number of carbonyl (C=O) groups is 1. The number of halogens is 1. The summed E-state index contributed by atoms with van der Waals surface area (Å²) < 4.78 is 16.3. The van der Waals surface area contributed by atoms with Crippen LogP contribution in [0.1, 0.15) is 23.3 Å². The molecule has 1 fully saturated rings. The number of benzene rings is 1. The predicted molar refractivity (Wildman–Crippen MR) is 100 cm³/mol. The number of hydrogen-bond acceptors (Lipinski definition) is 3. The average Bonchev–Trinajstić information content (AvgIpc) is 3.39. The number of imidazole rings is 1. The molecule has 27 heavy (non-hydrogen) atoms. The van der Waals surface area contributed by atoms with Gasteiger partial charge in [-0.2, -0.15) is 0 Å². The third-order valence-electron chi connectivity index (χ3n) is 4.65. The molecule has 0 unspecified atom stereocenters. The van der Waals surface area contributed by atoms with E-state index in [1.54, 1.807) is 35.0 Å². The second-order valence-corrected chi connectivity index (χ2v) is 6.74. The SMILES string of the molecule is C=CCn1c(-c2ccc(F)cc2)cn2cc(C(=O)NCC3CC3)nc2c1=O. The van der Waals surface area contributed by atoms with E-state index < -0.39 is 0 Å². The zero-order chi connectivity index (χ0) is 19.0. The number of amides is 1.